The fourth-order valence-corrected chi connectivity index (χ4v) is 5.09. The number of carbonyl (C=O) groups excluding carboxylic acids is 2. The highest BCUT2D eigenvalue weighted by molar-refractivity contribution is 6.19. The number of nitrogens with one attached hydrogen (secondary N) is 1. The Hall–Kier alpha value is -3.72. The maximum atomic E-state index is 13.4. The van der Waals surface area contributed by atoms with Gasteiger partial charge in [-0.3, -0.25) is 9.69 Å². The first kappa shape index (κ1) is 19.0. The first-order valence-electron chi connectivity index (χ1n) is 10.6. The van der Waals surface area contributed by atoms with Gasteiger partial charge in [-0.15, -0.1) is 0 Å². The molecule has 162 valence electrons. The van der Waals surface area contributed by atoms with Gasteiger partial charge < -0.3 is 19.7 Å². The van der Waals surface area contributed by atoms with E-state index in [1.807, 2.05) is 25.1 Å². The van der Waals surface area contributed by atoms with Crippen molar-refractivity contribution in [3.8, 4) is 11.4 Å². The third-order valence-electron chi connectivity index (χ3n) is 6.76. The van der Waals surface area contributed by atoms with Crippen LogP contribution in [0.5, 0.6) is 0 Å². The quantitative estimate of drug-likeness (QED) is 0.471. The minimum absolute atomic E-state index is 0.0815. The van der Waals surface area contributed by atoms with Gasteiger partial charge in [0.1, 0.15) is 6.61 Å². The Balaban J connectivity index is 1.69. The van der Waals surface area contributed by atoms with Crippen molar-refractivity contribution in [2.45, 2.75) is 39.0 Å². The summed E-state index contributed by atoms with van der Waals surface area (Å²) >= 11 is 0. The molecule has 0 saturated heterocycles. The van der Waals surface area contributed by atoms with Gasteiger partial charge in [-0.2, -0.15) is 0 Å². The number of aliphatic hydroxyl groups is 1. The van der Waals surface area contributed by atoms with Crippen LogP contribution < -0.4 is 15.8 Å². The first-order valence-corrected chi connectivity index (χ1v) is 10.6. The molecule has 2 N–H and O–H groups in total. The van der Waals surface area contributed by atoms with Gasteiger partial charge in [0.05, 0.1) is 40.4 Å². The molecule has 3 aromatic rings. The number of carbonyl (C=O) groups is 2. The van der Waals surface area contributed by atoms with Crippen LogP contribution in [0.2, 0.25) is 0 Å². The Morgan fingerprint density at radius 3 is 2.78 bits per heavy atom. The standard InChI is InChI=1S/C23H20N4O5/c1-3-23(31)13-8-16-18-11(9-27(16)20(28)12(13)10-32-21(23)29)19-17-14(24-18)6-5-7-15(17)25-22(30)26(19)4-2/h5-8,31H,3-4,9-10H2,1-2H3,(H,25,30). The van der Waals surface area contributed by atoms with E-state index in [1.165, 1.54) is 0 Å². The monoisotopic (exact) mass is 432 g/mol. The number of fused-ring (bicyclic) bond motifs is 5. The van der Waals surface area contributed by atoms with Crippen LogP contribution in [-0.2, 0) is 28.3 Å². The molecule has 0 spiro atoms. The Morgan fingerprint density at radius 1 is 1.22 bits per heavy atom. The van der Waals surface area contributed by atoms with Gasteiger partial charge in [-0.25, -0.2) is 14.6 Å². The largest absolute Gasteiger partial charge is 0.458 e. The number of esters is 1. The molecule has 0 saturated carbocycles. The van der Waals surface area contributed by atoms with Crippen molar-refractivity contribution >= 4 is 34.3 Å². The number of urea groups is 1. The van der Waals surface area contributed by atoms with Crippen molar-refractivity contribution in [3.63, 3.8) is 0 Å². The van der Waals surface area contributed by atoms with Crippen molar-refractivity contribution < 1.29 is 19.4 Å². The summed E-state index contributed by atoms with van der Waals surface area (Å²) in [6.07, 6.45) is 0.0815. The molecule has 2 aromatic heterocycles. The lowest BCUT2D eigenvalue weighted by atomic mass is 9.86. The van der Waals surface area contributed by atoms with Gasteiger partial charge in [0.2, 0.25) is 0 Å². The number of ether oxygens (including phenoxy) is 1. The lowest BCUT2D eigenvalue weighted by molar-refractivity contribution is -0.172. The predicted molar refractivity (Wildman–Crippen MR) is 117 cm³/mol. The second-order valence-corrected chi connectivity index (χ2v) is 8.26. The minimum Gasteiger partial charge on any atom is -0.458 e. The summed E-state index contributed by atoms with van der Waals surface area (Å²) in [6, 6.07) is 6.97. The molecule has 9 heteroatoms. The zero-order chi connectivity index (χ0) is 22.4. The van der Waals surface area contributed by atoms with E-state index in [2.05, 4.69) is 5.32 Å². The van der Waals surface area contributed by atoms with Gasteiger partial charge >= 0.3 is 12.0 Å². The van der Waals surface area contributed by atoms with Crippen LogP contribution in [0, 0.1) is 0 Å². The van der Waals surface area contributed by atoms with E-state index >= 15 is 0 Å². The fraction of sp³-hybridized carbons (Fsp3) is 0.304. The van der Waals surface area contributed by atoms with Gasteiger partial charge in [0, 0.05) is 23.1 Å². The number of cyclic esters (lactones) is 1. The smallest absolute Gasteiger partial charge is 0.343 e. The average molecular weight is 432 g/mol. The number of nitrogens with zero attached hydrogens (tertiary/aromatic N) is 3. The number of amides is 2. The van der Waals surface area contributed by atoms with Crippen LogP contribution in [0.15, 0.2) is 29.1 Å². The zero-order valence-corrected chi connectivity index (χ0v) is 17.6. The van der Waals surface area contributed by atoms with Crippen LogP contribution in [0.3, 0.4) is 0 Å². The van der Waals surface area contributed by atoms with E-state index < -0.39 is 11.6 Å². The molecule has 0 bridgehead atoms. The Morgan fingerprint density at radius 2 is 2.03 bits per heavy atom. The number of hydrogen-bond acceptors (Lipinski definition) is 6. The highest BCUT2D eigenvalue weighted by atomic mass is 16.6. The fourth-order valence-electron chi connectivity index (χ4n) is 5.09. The topological polar surface area (TPSA) is 114 Å². The molecule has 1 aromatic carbocycles. The number of benzene rings is 1. The normalized spacial score (nSPS) is 20.5. The van der Waals surface area contributed by atoms with Crippen molar-refractivity contribution in [2.75, 3.05) is 16.8 Å². The molecular formula is C23H20N4O5. The van der Waals surface area contributed by atoms with Gasteiger partial charge in [0.25, 0.3) is 5.56 Å². The molecule has 1 unspecified atom stereocenters. The molecule has 3 aliphatic rings. The van der Waals surface area contributed by atoms with E-state index in [0.29, 0.717) is 29.1 Å². The summed E-state index contributed by atoms with van der Waals surface area (Å²) in [7, 11) is 0. The second-order valence-electron chi connectivity index (χ2n) is 8.26. The lowest BCUT2D eigenvalue weighted by Crippen LogP contribution is -2.44. The summed E-state index contributed by atoms with van der Waals surface area (Å²) in [4.78, 5) is 45.0. The molecule has 9 nitrogen and oxygen atoms in total. The summed E-state index contributed by atoms with van der Waals surface area (Å²) < 4.78 is 6.72. The molecule has 3 aliphatic heterocycles. The molecule has 0 radical (unpaired) electrons. The Labute approximate surface area is 182 Å². The summed E-state index contributed by atoms with van der Waals surface area (Å²) in [6.45, 7) is 4.08. The molecule has 0 fully saturated rings. The van der Waals surface area contributed by atoms with Crippen LogP contribution in [-0.4, -0.2) is 33.2 Å². The number of rotatable bonds is 2. The molecule has 2 amide bonds. The van der Waals surface area contributed by atoms with Crippen molar-refractivity contribution in [1.82, 2.24) is 9.55 Å². The average Bonchev–Trinajstić information content (AvgIpc) is 3.16. The maximum absolute atomic E-state index is 13.4. The zero-order valence-electron chi connectivity index (χ0n) is 17.6. The third kappa shape index (κ3) is 2.16. The number of aromatic nitrogens is 2. The highest BCUT2D eigenvalue weighted by Gasteiger charge is 2.45. The van der Waals surface area contributed by atoms with Crippen molar-refractivity contribution in [2.24, 2.45) is 0 Å². The van der Waals surface area contributed by atoms with Crippen LogP contribution >= 0.6 is 0 Å². The first-order chi connectivity index (χ1) is 15.4. The highest BCUT2D eigenvalue weighted by Crippen LogP contribution is 2.46. The number of anilines is 2. The van der Waals surface area contributed by atoms with E-state index in [4.69, 9.17) is 9.72 Å². The summed E-state index contributed by atoms with van der Waals surface area (Å²) in [5, 5.41) is 14.8. The van der Waals surface area contributed by atoms with E-state index in [9.17, 15) is 19.5 Å². The molecule has 1 atom stereocenters. The Kier molecular flexibility index (Phi) is 3.66. The third-order valence-corrected chi connectivity index (χ3v) is 6.76. The van der Waals surface area contributed by atoms with Crippen LogP contribution in [0.1, 0.15) is 37.0 Å². The van der Waals surface area contributed by atoms with Crippen molar-refractivity contribution in [1.29, 1.82) is 0 Å². The number of hydrogen-bond donors (Lipinski definition) is 2. The summed E-state index contributed by atoms with van der Waals surface area (Å²) in [5.74, 6) is -0.755. The minimum atomic E-state index is -1.88. The predicted octanol–water partition coefficient (Wildman–Crippen LogP) is 2.45. The number of pyridine rings is 2. The van der Waals surface area contributed by atoms with E-state index in [0.717, 1.165) is 16.6 Å². The molecule has 5 heterocycles. The maximum Gasteiger partial charge on any atom is 0.343 e. The molecule has 32 heavy (non-hydrogen) atoms. The lowest BCUT2D eigenvalue weighted by Gasteiger charge is -2.31. The SMILES string of the molecule is CCN1C(=O)Nc2cccc3nc4c(c1c23)Cn1c-4cc2c(c1=O)COC(=O)C2(O)CC. The van der Waals surface area contributed by atoms with Crippen molar-refractivity contribution in [3.05, 3.63) is 51.3 Å². The molecule has 0 aliphatic carbocycles. The van der Waals surface area contributed by atoms with E-state index in [-0.39, 0.29) is 42.3 Å². The molecular weight excluding hydrogens is 412 g/mol. The Bertz CT molecular complexity index is 1440. The molecule has 6 rings (SSSR count). The van der Waals surface area contributed by atoms with Crippen LogP contribution in [0.4, 0.5) is 16.2 Å². The second kappa shape index (κ2) is 6.17. The van der Waals surface area contributed by atoms with Gasteiger partial charge in [0.15, 0.2) is 5.60 Å². The summed E-state index contributed by atoms with van der Waals surface area (Å²) in [5.41, 5.74) is 2.34. The van der Waals surface area contributed by atoms with E-state index in [1.54, 1.807) is 22.5 Å². The van der Waals surface area contributed by atoms with Gasteiger partial charge in [-0.05, 0) is 31.5 Å². The van der Waals surface area contributed by atoms with Gasteiger partial charge in [-0.1, -0.05) is 13.0 Å². The van der Waals surface area contributed by atoms with Crippen LogP contribution in [0.25, 0.3) is 22.3 Å².